The molecule has 0 atom stereocenters. The van der Waals surface area contributed by atoms with Gasteiger partial charge in [-0.1, -0.05) is 0 Å². The van der Waals surface area contributed by atoms with Gasteiger partial charge in [-0.2, -0.15) is 0 Å². The third-order valence-electron chi connectivity index (χ3n) is 5.94. The van der Waals surface area contributed by atoms with E-state index in [1.54, 1.807) is 0 Å². The standard InChI is InChI=1S/C22H34N6O3S/c1-16-17(2)32-21-20(16)22(31)28(15-25-21)14-19(30)24-7-4-6-18(29)23-8-5-9-27-12-10-26(3)11-13-27/h15H,4-14H2,1-3H3,(H,23,29)(H,24,30). The highest BCUT2D eigenvalue weighted by Crippen LogP contribution is 2.25. The number of hydrogen-bond donors (Lipinski definition) is 2. The lowest BCUT2D eigenvalue weighted by atomic mass is 10.2. The van der Waals surface area contributed by atoms with E-state index in [4.69, 9.17) is 0 Å². The number of aryl methyl sites for hydroxylation is 2. The van der Waals surface area contributed by atoms with E-state index in [-0.39, 0.29) is 23.9 Å². The second-order valence-corrected chi connectivity index (χ2v) is 9.65. The summed E-state index contributed by atoms with van der Waals surface area (Å²) in [7, 11) is 2.14. The lowest BCUT2D eigenvalue weighted by Gasteiger charge is -2.32. The maximum absolute atomic E-state index is 12.6. The van der Waals surface area contributed by atoms with Crippen LogP contribution in [0.5, 0.6) is 0 Å². The SMILES string of the molecule is Cc1sc2ncn(CC(=O)NCCCC(=O)NCCCN3CCN(C)CC3)c(=O)c2c1C. The lowest BCUT2D eigenvalue weighted by Crippen LogP contribution is -2.45. The van der Waals surface area contributed by atoms with Crippen molar-refractivity contribution in [2.75, 3.05) is 52.9 Å². The Hall–Kier alpha value is -2.30. The fraction of sp³-hybridized carbons (Fsp3) is 0.636. The summed E-state index contributed by atoms with van der Waals surface area (Å²) in [4.78, 5) is 47.7. The van der Waals surface area contributed by atoms with E-state index in [9.17, 15) is 14.4 Å². The van der Waals surface area contributed by atoms with Crippen molar-refractivity contribution in [3.63, 3.8) is 0 Å². The molecular weight excluding hydrogens is 428 g/mol. The summed E-state index contributed by atoms with van der Waals surface area (Å²) in [6.45, 7) is 10.3. The van der Waals surface area contributed by atoms with E-state index in [1.165, 1.54) is 22.2 Å². The molecule has 9 nitrogen and oxygen atoms in total. The van der Waals surface area contributed by atoms with Crippen LogP contribution < -0.4 is 16.2 Å². The Kier molecular flexibility index (Phi) is 8.77. The maximum Gasteiger partial charge on any atom is 0.262 e. The monoisotopic (exact) mass is 462 g/mol. The van der Waals surface area contributed by atoms with E-state index in [0.29, 0.717) is 36.1 Å². The molecule has 1 aliphatic rings. The maximum atomic E-state index is 12.6. The minimum absolute atomic E-state index is 0.00630. The zero-order chi connectivity index (χ0) is 23.1. The Morgan fingerprint density at radius 1 is 1.06 bits per heavy atom. The first-order valence-electron chi connectivity index (χ1n) is 11.2. The van der Waals surface area contributed by atoms with Crippen LogP contribution in [0.25, 0.3) is 10.2 Å². The molecule has 32 heavy (non-hydrogen) atoms. The second-order valence-electron chi connectivity index (χ2n) is 8.44. The van der Waals surface area contributed by atoms with Crippen LogP contribution in [0.4, 0.5) is 0 Å². The molecule has 1 saturated heterocycles. The number of hydrogen-bond acceptors (Lipinski definition) is 7. The molecule has 1 fully saturated rings. The molecule has 0 aromatic carbocycles. The summed E-state index contributed by atoms with van der Waals surface area (Å²) in [5.74, 6) is -0.253. The van der Waals surface area contributed by atoms with Crippen LogP contribution >= 0.6 is 11.3 Å². The van der Waals surface area contributed by atoms with Gasteiger partial charge in [0.15, 0.2) is 0 Å². The summed E-state index contributed by atoms with van der Waals surface area (Å²) in [6.07, 6.45) is 3.30. The van der Waals surface area contributed by atoms with Gasteiger partial charge in [0.05, 0.1) is 11.7 Å². The highest BCUT2D eigenvalue weighted by atomic mass is 32.1. The molecule has 2 aromatic heterocycles. The van der Waals surface area contributed by atoms with Crippen molar-refractivity contribution in [3.05, 3.63) is 27.1 Å². The predicted octanol–water partition coefficient (Wildman–Crippen LogP) is 0.725. The molecule has 0 saturated carbocycles. The van der Waals surface area contributed by atoms with Crippen molar-refractivity contribution >= 4 is 33.4 Å². The fourth-order valence-electron chi connectivity index (χ4n) is 3.76. The van der Waals surface area contributed by atoms with Crippen LogP contribution in [0.1, 0.15) is 29.7 Å². The van der Waals surface area contributed by atoms with Crippen LogP contribution in [-0.2, 0) is 16.1 Å². The van der Waals surface area contributed by atoms with Gasteiger partial charge in [-0.25, -0.2) is 4.98 Å². The van der Waals surface area contributed by atoms with Gasteiger partial charge in [-0.05, 0) is 45.8 Å². The molecule has 2 N–H and O–H groups in total. The molecule has 3 rings (SSSR count). The number of thiophene rings is 1. The molecule has 10 heteroatoms. The van der Waals surface area contributed by atoms with Gasteiger partial charge in [0.2, 0.25) is 11.8 Å². The Morgan fingerprint density at radius 2 is 1.75 bits per heavy atom. The number of fused-ring (bicyclic) bond motifs is 1. The summed E-state index contributed by atoms with van der Waals surface area (Å²) < 4.78 is 1.34. The molecule has 0 bridgehead atoms. The zero-order valence-electron chi connectivity index (χ0n) is 19.3. The molecule has 1 aliphatic heterocycles. The highest BCUT2D eigenvalue weighted by molar-refractivity contribution is 7.18. The van der Waals surface area contributed by atoms with Crippen molar-refractivity contribution in [1.82, 2.24) is 30.0 Å². The van der Waals surface area contributed by atoms with Crippen molar-refractivity contribution in [3.8, 4) is 0 Å². The molecule has 0 radical (unpaired) electrons. The van der Waals surface area contributed by atoms with Crippen molar-refractivity contribution in [1.29, 1.82) is 0 Å². The molecule has 2 amide bonds. The first-order chi connectivity index (χ1) is 15.3. The number of piperazine rings is 1. The van der Waals surface area contributed by atoms with E-state index < -0.39 is 0 Å². The number of nitrogens with zero attached hydrogens (tertiary/aromatic N) is 4. The van der Waals surface area contributed by atoms with Crippen LogP contribution in [0.15, 0.2) is 11.1 Å². The van der Waals surface area contributed by atoms with E-state index in [2.05, 4.69) is 32.5 Å². The number of likely N-dealkylation sites (N-methyl/N-ethyl adjacent to an activating group) is 1. The summed E-state index contributed by atoms with van der Waals surface area (Å²) >= 11 is 1.49. The Balaban J connectivity index is 1.30. The normalized spacial score (nSPS) is 15.2. The number of aromatic nitrogens is 2. The van der Waals surface area contributed by atoms with Crippen LogP contribution in [-0.4, -0.2) is 84.0 Å². The van der Waals surface area contributed by atoms with Crippen LogP contribution in [0.2, 0.25) is 0 Å². The third kappa shape index (κ3) is 6.60. The minimum atomic E-state index is -0.259. The van der Waals surface area contributed by atoms with Crippen molar-refractivity contribution in [2.45, 2.75) is 39.7 Å². The number of amides is 2. The van der Waals surface area contributed by atoms with Gasteiger partial charge in [0, 0.05) is 50.6 Å². The molecule has 0 unspecified atom stereocenters. The molecule has 2 aromatic rings. The zero-order valence-corrected chi connectivity index (χ0v) is 20.1. The molecule has 0 aliphatic carbocycles. The smallest absolute Gasteiger partial charge is 0.262 e. The van der Waals surface area contributed by atoms with Crippen LogP contribution in [0, 0.1) is 13.8 Å². The molecular formula is C22H34N6O3S. The summed E-state index contributed by atoms with van der Waals surface area (Å²) in [5.41, 5.74) is 0.731. The average molecular weight is 463 g/mol. The number of rotatable bonds is 10. The van der Waals surface area contributed by atoms with Gasteiger partial charge in [-0.15, -0.1) is 11.3 Å². The lowest BCUT2D eigenvalue weighted by molar-refractivity contribution is -0.123. The topological polar surface area (TPSA) is 99.6 Å². The van der Waals surface area contributed by atoms with Crippen molar-refractivity contribution < 1.29 is 9.59 Å². The van der Waals surface area contributed by atoms with Gasteiger partial charge < -0.3 is 20.4 Å². The van der Waals surface area contributed by atoms with Crippen molar-refractivity contribution in [2.24, 2.45) is 0 Å². The molecule has 3 heterocycles. The van der Waals surface area contributed by atoms with Gasteiger partial charge in [-0.3, -0.25) is 19.0 Å². The Morgan fingerprint density at radius 3 is 2.50 bits per heavy atom. The first-order valence-corrected chi connectivity index (χ1v) is 12.1. The first kappa shape index (κ1) is 24.3. The Bertz CT molecular complexity index is 993. The summed E-state index contributed by atoms with van der Waals surface area (Å²) in [6, 6.07) is 0. The van der Waals surface area contributed by atoms with Gasteiger partial charge in [0.1, 0.15) is 11.4 Å². The molecule has 0 spiro atoms. The third-order valence-corrected chi connectivity index (χ3v) is 7.06. The number of carbonyl (C=O) groups is 2. The summed E-state index contributed by atoms with van der Waals surface area (Å²) in [5, 5.41) is 6.32. The minimum Gasteiger partial charge on any atom is -0.356 e. The van der Waals surface area contributed by atoms with Crippen LogP contribution in [0.3, 0.4) is 0 Å². The van der Waals surface area contributed by atoms with E-state index in [0.717, 1.165) is 49.6 Å². The van der Waals surface area contributed by atoms with E-state index >= 15 is 0 Å². The number of carbonyl (C=O) groups excluding carboxylic acids is 2. The predicted molar refractivity (Wildman–Crippen MR) is 127 cm³/mol. The van der Waals surface area contributed by atoms with Gasteiger partial charge in [0.25, 0.3) is 5.56 Å². The fourth-order valence-corrected chi connectivity index (χ4v) is 4.75. The highest BCUT2D eigenvalue weighted by Gasteiger charge is 2.14. The second kappa shape index (κ2) is 11.5. The Labute approximate surface area is 192 Å². The van der Waals surface area contributed by atoms with Gasteiger partial charge >= 0.3 is 0 Å². The number of nitrogens with one attached hydrogen (secondary N) is 2. The quantitative estimate of drug-likeness (QED) is 0.505. The van der Waals surface area contributed by atoms with E-state index in [1.807, 2.05) is 13.8 Å². The molecule has 176 valence electrons. The largest absolute Gasteiger partial charge is 0.356 e. The average Bonchev–Trinajstić information content (AvgIpc) is 3.06.